The van der Waals surface area contributed by atoms with Gasteiger partial charge in [0.25, 0.3) is 0 Å². The molecular weight excluding hydrogens is 304 g/mol. The van der Waals surface area contributed by atoms with E-state index in [0.29, 0.717) is 16.4 Å². The normalized spacial score (nSPS) is 11.4. The smallest absolute Gasteiger partial charge is 0.358 e. The topological polar surface area (TPSA) is 79.3 Å². The van der Waals surface area contributed by atoms with E-state index in [0.717, 1.165) is 5.56 Å². The molecule has 2 aromatic heterocycles. The molecule has 0 aliphatic heterocycles. The van der Waals surface area contributed by atoms with Crippen molar-refractivity contribution in [2.75, 3.05) is 0 Å². The zero-order valence-corrected chi connectivity index (χ0v) is 12.3. The summed E-state index contributed by atoms with van der Waals surface area (Å²) >= 11 is 5.95. The number of hydrogen-bond acceptors (Lipinski definition) is 4. The number of benzene rings is 1. The molecule has 1 aromatic carbocycles. The molecule has 0 aliphatic carbocycles. The molecule has 7 heteroatoms. The third-order valence-corrected chi connectivity index (χ3v) is 3.28. The van der Waals surface area contributed by atoms with Gasteiger partial charge in [0, 0.05) is 6.20 Å². The molecule has 0 saturated heterocycles. The van der Waals surface area contributed by atoms with Crippen molar-refractivity contribution in [3.8, 4) is 0 Å². The first kappa shape index (κ1) is 14.2. The van der Waals surface area contributed by atoms with Crippen LogP contribution in [0.25, 0.3) is 5.65 Å². The van der Waals surface area contributed by atoms with Crippen molar-refractivity contribution in [3.63, 3.8) is 0 Å². The molecule has 0 bridgehead atoms. The van der Waals surface area contributed by atoms with Crippen LogP contribution in [0, 0.1) is 6.92 Å². The first-order chi connectivity index (χ1) is 10.5. The fraction of sp³-hybridized carbons (Fsp3) is 0.0667. The Hall–Kier alpha value is -2.73. The molecule has 0 amide bonds. The Morgan fingerprint density at radius 3 is 2.59 bits per heavy atom. The van der Waals surface area contributed by atoms with Gasteiger partial charge in [0.2, 0.25) is 0 Å². The molecule has 0 fully saturated rings. The minimum atomic E-state index is -1.17. The van der Waals surface area contributed by atoms with E-state index in [1.807, 2.05) is 19.1 Å². The van der Waals surface area contributed by atoms with Crippen LogP contribution in [-0.2, 0) is 0 Å². The molecule has 3 aromatic rings. The van der Waals surface area contributed by atoms with Gasteiger partial charge >= 0.3 is 5.97 Å². The summed E-state index contributed by atoms with van der Waals surface area (Å²) < 4.78 is 1.50. The first-order valence-electron chi connectivity index (χ1n) is 6.44. The van der Waals surface area contributed by atoms with Crippen LogP contribution in [0.1, 0.15) is 16.1 Å². The van der Waals surface area contributed by atoms with E-state index in [9.17, 15) is 9.90 Å². The summed E-state index contributed by atoms with van der Waals surface area (Å²) in [7, 11) is 0. The van der Waals surface area contributed by atoms with Crippen LogP contribution in [0.4, 0.5) is 11.5 Å². The quantitative estimate of drug-likeness (QED) is 0.727. The highest BCUT2D eigenvalue weighted by atomic mass is 35.5. The van der Waals surface area contributed by atoms with Crippen molar-refractivity contribution in [3.05, 3.63) is 58.9 Å². The van der Waals surface area contributed by atoms with Crippen LogP contribution >= 0.6 is 11.6 Å². The molecule has 22 heavy (non-hydrogen) atoms. The SMILES string of the molecule is Cc1ccc(N=Nc2c(C(=O)O)nc3ccc(Cl)cn23)cc1. The number of halogens is 1. The zero-order valence-electron chi connectivity index (χ0n) is 11.6. The Bertz CT molecular complexity index is 884. The number of carboxylic acid groups (broad SMARTS) is 1. The summed E-state index contributed by atoms with van der Waals surface area (Å²) in [6.07, 6.45) is 1.56. The van der Waals surface area contributed by atoms with Gasteiger partial charge in [-0.15, -0.1) is 10.2 Å². The molecule has 0 atom stereocenters. The van der Waals surface area contributed by atoms with Gasteiger partial charge in [0.05, 0.1) is 10.7 Å². The Kier molecular flexibility index (Phi) is 3.60. The molecular formula is C15H11ClN4O2. The Labute approximate surface area is 130 Å². The van der Waals surface area contributed by atoms with E-state index in [-0.39, 0.29) is 11.5 Å². The first-order valence-corrected chi connectivity index (χ1v) is 6.82. The largest absolute Gasteiger partial charge is 0.476 e. The fourth-order valence-electron chi connectivity index (χ4n) is 1.96. The lowest BCUT2D eigenvalue weighted by molar-refractivity contribution is 0.0692. The number of fused-ring (bicyclic) bond motifs is 1. The number of carbonyl (C=O) groups is 1. The lowest BCUT2D eigenvalue weighted by Crippen LogP contribution is -1.96. The van der Waals surface area contributed by atoms with E-state index < -0.39 is 5.97 Å². The summed E-state index contributed by atoms with van der Waals surface area (Å²) in [5.74, 6) is -1.04. The van der Waals surface area contributed by atoms with Gasteiger partial charge in [-0.3, -0.25) is 4.40 Å². The lowest BCUT2D eigenvalue weighted by Gasteiger charge is -1.97. The van der Waals surface area contributed by atoms with Crippen molar-refractivity contribution in [2.45, 2.75) is 6.92 Å². The highest BCUT2D eigenvalue weighted by molar-refractivity contribution is 6.30. The second kappa shape index (κ2) is 5.57. The van der Waals surface area contributed by atoms with Gasteiger partial charge in [-0.05, 0) is 31.2 Å². The van der Waals surface area contributed by atoms with Gasteiger partial charge in [-0.25, -0.2) is 9.78 Å². The zero-order chi connectivity index (χ0) is 15.7. The van der Waals surface area contributed by atoms with E-state index in [1.165, 1.54) is 4.40 Å². The monoisotopic (exact) mass is 314 g/mol. The van der Waals surface area contributed by atoms with Crippen LogP contribution in [0.15, 0.2) is 52.8 Å². The van der Waals surface area contributed by atoms with E-state index >= 15 is 0 Å². The molecule has 0 radical (unpaired) electrons. The molecule has 3 rings (SSSR count). The third-order valence-electron chi connectivity index (χ3n) is 3.05. The number of nitrogens with zero attached hydrogens (tertiary/aromatic N) is 4. The van der Waals surface area contributed by atoms with Gasteiger partial charge in [-0.2, -0.15) is 0 Å². The number of imidazole rings is 1. The Morgan fingerprint density at radius 2 is 1.91 bits per heavy atom. The number of rotatable bonds is 3. The summed E-state index contributed by atoms with van der Waals surface area (Å²) in [6.45, 7) is 1.97. The highest BCUT2D eigenvalue weighted by Gasteiger charge is 2.18. The van der Waals surface area contributed by atoms with Crippen LogP contribution in [-0.4, -0.2) is 20.5 Å². The maximum atomic E-state index is 11.3. The maximum Gasteiger partial charge on any atom is 0.358 e. The highest BCUT2D eigenvalue weighted by Crippen LogP contribution is 2.25. The van der Waals surface area contributed by atoms with Gasteiger partial charge in [0.1, 0.15) is 5.65 Å². The summed E-state index contributed by atoms with van der Waals surface area (Å²) in [6, 6.07) is 10.7. The Balaban J connectivity index is 2.11. The lowest BCUT2D eigenvalue weighted by atomic mass is 10.2. The van der Waals surface area contributed by atoms with Crippen LogP contribution in [0.3, 0.4) is 0 Å². The van der Waals surface area contributed by atoms with Crippen molar-refractivity contribution >= 4 is 34.7 Å². The number of aryl methyl sites for hydroxylation is 1. The summed E-state index contributed by atoms with van der Waals surface area (Å²) in [5.41, 5.74) is 2.00. The molecule has 0 aliphatic rings. The molecule has 110 valence electrons. The predicted octanol–water partition coefficient (Wildman–Crippen LogP) is 4.41. The number of pyridine rings is 1. The second-order valence-corrected chi connectivity index (χ2v) is 5.14. The molecule has 0 saturated carbocycles. The maximum absolute atomic E-state index is 11.3. The summed E-state index contributed by atoms with van der Waals surface area (Å²) in [4.78, 5) is 15.4. The molecule has 2 heterocycles. The van der Waals surface area contributed by atoms with Crippen molar-refractivity contribution in [1.82, 2.24) is 9.38 Å². The third kappa shape index (κ3) is 2.68. The van der Waals surface area contributed by atoms with Crippen LogP contribution in [0.2, 0.25) is 5.02 Å². The second-order valence-electron chi connectivity index (χ2n) is 4.70. The average Bonchev–Trinajstić information content (AvgIpc) is 2.85. The molecule has 0 unspecified atom stereocenters. The predicted molar refractivity (Wildman–Crippen MR) is 82.5 cm³/mol. The standard InChI is InChI=1S/C15H11ClN4O2/c1-9-2-5-11(6-3-9)18-19-14-13(15(21)22)17-12-7-4-10(16)8-20(12)14/h2-8H,1H3,(H,21,22). The Morgan fingerprint density at radius 1 is 1.18 bits per heavy atom. The molecule has 6 nitrogen and oxygen atoms in total. The average molecular weight is 315 g/mol. The minimum absolute atomic E-state index is 0.130. The van der Waals surface area contributed by atoms with Crippen molar-refractivity contribution in [2.24, 2.45) is 10.2 Å². The van der Waals surface area contributed by atoms with Crippen molar-refractivity contribution in [1.29, 1.82) is 0 Å². The van der Waals surface area contributed by atoms with E-state index in [2.05, 4.69) is 15.2 Å². The molecule has 0 spiro atoms. The van der Waals surface area contributed by atoms with Gasteiger partial charge in [0.15, 0.2) is 11.5 Å². The summed E-state index contributed by atoms with van der Waals surface area (Å²) in [5, 5.41) is 17.8. The number of hydrogen-bond donors (Lipinski definition) is 1. The van der Waals surface area contributed by atoms with Crippen LogP contribution < -0.4 is 0 Å². The van der Waals surface area contributed by atoms with Gasteiger partial charge in [-0.1, -0.05) is 29.3 Å². The van der Waals surface area contributed by atoms with Crippen LogP contribution in [0.5, 0.6) is 0 Å². The van der Waals surface area contributed by atoms with Crippen molar-refractivity contribution < 1.29 is 9.90 Å². The van der Waals surface area contributed by atoms with Gasteiger partial charge < -0.3 is 5.11 Å². The van der Waals surface area contributed by atoms with E-state index in [4.69, 9.17) is 11.6 Å². The number of azo groups is 1. The number of carboxylic acids is 1. The van der Waals surface area contributed by atoms with E-state index in [1.54, 1.807) is 30.5 Å². The minimum Gasteiger partial charge on any atom is -0.476 e. The molecule has 1 N–H and O–H groups in total. The number of aromatic carboxylic acids is 1. The fourth-order valence-corrected chi connectivity index (χ4v) is 2.12. The number of aromatic nitrogens is 2.